The van der Waals surface area contributed by atoms with Gasteiger partial charge < -0.3 is 14.2 Å². The fourth-order valence-electron chi connectivity index (χ4n) is 11.7. The minimum Gasteiger partial charge on any atom is -0.494 e. The molecule has 0 spiro atoms. The Bertz CT molecular complexity index is 1490. The molecule has 2 aromatic carbocycles. The number of carbonyl (C=O) groups is 1. The highest BCUT2D eigenvalue weighted by Gasteiger charge is 2.59. The number of esters is 1. The number of fused-ring (bicyclic) bond motifs is 5. The number of carbonyl (C=O) groups excluding carboxylic acids is 1. The number of unbranched alkanes of at least 4 members (excludes halogenated alkanes) is 4. The van der Waals surface area contributed by atoms with Crippen LogP contribution in [-0.4, -0.2) is 25.3 Å². The normalized spacial score (nSPS) is 29.5. The van der Waals surface area contributed by atoms with E-state index >= 15 is 0 Å². The Morgan fingerprint density at radius 2 is 1.41 bits per heavy atom. The summed E-state index contributed by atoms with van der Waals surface area (Å²) in [4.78, 5) is 12.9. The van der Waals surface area contributed by atoms with E-state index in [4.69, 9.17) is 14.2 Å². The van der Waals surface area contributed by atoms with Gasteiger partial charge in [-0.3, -0.25) is 4.79 Å². The van der Waals surface area contributed by atoms with Crippen LogP contribution >= 0.6 is 0 Å². The molecule has 4 nitrogen and oxygen atoms in total. The van der Waals surface area contributed by atoms with Crippen LogP contribution in [0.4, 0.5) is 0 Å². The Balaban J connectivity index is 0.870. The Labute approximate surface area is 329 Å². The first-order valence-electron chi connectivity index (χ1n) is 22.5. The fraction of sp³-hybridized carbons (Fsp3) is 0.700. The predicted octanol–water partition coefficient (Wildman–Crippen LogP) is 13.8. The van der Waals surface area contributed by atoms with E-state index in [1.165, 1.54) is 68.9 Å². The smallest absolute Gasteiger partial charge is 0.306 e. The van der Waals surface area contributed by atoms with Gasteiger partial charge >= 0.3 is 5.97 Å². The molecule has 0 N–H and O–H groups in total. The largest absolute Gasteiger partial charge is 0.494 e. The van der Waals surface area contributed by atoms with Gasteiger partial charge in [0.2, 0.25) is 0 Å². The van der Waals surface area contributed by atoms with Crippen LogP contribution in [0.2, 0.25) is 0 Å². The van der Waals surface area contributed by atoms with Crippen LogP contribution in [0.1, 0.15) is 157 Å². The molecule has 0 aromatic heterocycles. The number of allylic oxidation sites excluding steroid dienone is 1. The van der Waals surface area contributed by atoms with Crippen LogP contribution in [0.25, 0.3) is 11.1 Å². The summed E-state index contributed by atoms with van der Waals surface area (Å²) < 4.78 is 18.0. The van der Waals surface area contributed by atoms with Crippen molar-refractivity contribution >= 4 is 5.97 Å². The Kier molecular flexibility index (Phi) is 14.3. The highest BCUT2D eigenvalue weighted by Crippen LogP contribution is 2.67. The Morgan fingerprint density at radius 3 is 2.07 bits per heavy atom. The van der Waals surface area contributed by atoms with E-state index in [1.54, 1.807) is 5.57 Å². The summed E-state index contributed by atoms with van der Waals surface area (Å²) in [6.45, 7) is 16.2. The standard InChI is InChI=1S/C50H74O4/c1-7-8-33-52-41-22-17-38(18-23-41)39-19-24-42(25-20-39)53-34-12-10-9-11-16-48(51)54-43-29-31-49(5)40(35-43)21-26-44-46-28-27-45(37(4)15-13-14-36(2)3)50(46,6)32-30-47(44)49/h17-25,36-37,43-47H,7-16,26-35H2,1-6H3/t37-,43+,44+,45-,46+,47+,49+,50-/m1/s1. The van der Waals surface area contributed by atoms with Gasteiger partial charge in [0, 0.05) is 12.8 Å². The molecule has 54 heavy (non-hydrogen) atoms. The van der Waals surface area contributed by atoms with Crippen LogP contribution in [0.5, 0.6) is 11.5 Å². The number of hydrogen-bond acceptors (Lipinski definition) is 4. The topological polar surface area (TPSA) is 44.8 Å². The van der Waals surface area contributed by atoms with Gasteiger partial charge in [-0.05, 0) is 146 Å². The number of rotatable bonds is 19. The second-order valence-corrected chi connectivity index (χ2v) is 18.9. The Morgan fingerprint density at radius 1 is 0.741 bits per heavy atom. The predicted molar refractivity (Wildman–Crippen MR) is 224 cm³/mol. The summed E-state index contributed by atoms with van der Waals surface area (Å²) in [5, 5.41) is 0. The zero-order chi connectivity index (χ0) is 38.1. The second kappa shape index (κ2) is 18.9. The summed E-state index contributed by atoms with van der Waals surface area (Å²) in [6.07, 6.45) is 23.8. The van der Waals surface area contributed by atoms with Crippen molar-refractivity contribution in [2.45, 2.75) is 163 Å². The van der Waals surface area contributed by atoms with Crippen LogP contribution in [-0.2, 0) is 9.53 Å². The molecule has 8 atom stereocenters. The van der Waals surface area contributed by atoms with E-state index < -0.39 is 0 Å². The molecule has 6 rings (SSSR count). The van der Waals surface area contributed by atoms with Crippen LogP contribution < -0.4 is 9.47 Å². The molecule has 0 saturated heterocycles. The van der Waals surface area contributed by atoms with Gasteiger partial charge in [0.25, 0.3) is 0 Å². The van der Waals surface area contributed by atoms with E-state index in [9.17, 15) is 4.79 Å². The van der Waals surface area contributed by atoms with E-state index in [0.29, 0.717) is 23.9 Å². The molecule has 298 valence electrons. The molecule has 0 heterocycles. The molecule has 4 aliphatic rings. The van der Waals surface area contributed by atoms with E-state index in [2.05, 4.69) is 84.0 Å². The van der Waals surface area contributed by atoms with Crippen molar-refractivity contribution in [2.75, 3.05) is 13.2 Å². The molecule has 0 unspecified atom stereocenters. The first kappa shape index (κ1) is 40.9. The van der Waals surface area contributed by atoms with Crippen molar-refractivity contribution in [1.29, 1.82) is 0 Å². The summed E-state index contributed by atoms with van der Waals surface area (Å²) in [5.74, 6) is 6.98. The maximum atomic E-state index is 12.9. The van der Waals surface area contributed by atoms with Crippen molar-refractivity contribution in [3.63, 3.8) is 0 Å². The van der Waals surface area contributed by atoms with Crippen molar-refractivity contribution in [3.8, 4) is 22.6 Å². The maximum Gasteiger partial charge on any atom is 0.306 e. The van der Waals surface area contributed by atoms with Crippen molar-refractivity contribution < 1.29 is 19.0 Å². The summed E-state index contributed by atoms with van der Waals surface area (Å²) in [5.41, 5.74) is 4.80. The lowest BCUT2D eigenvalue weighted by molar-refractivity contribution is -0.151. The first-order chi connectivity index (χ1) is 26.1. The van der Waals surface area contributed by atoms with Gasteiger partial charge in [0.1, 0.15) is 17.6 Å². The van der Waals surface area contributed by atoms with Crippen LogP contribution in [0.15, 0.2) is 60.2 Å². The van der Waals surface area contributed by atoms with Gasteiger partial charge in [-0.2, -0.15) is 0 Å². The highest BCUT2D eigenvalue weighted by molar-refractivity contribution is 5.69. The average molecular weight is 739 g/mol. The second-order valence-electron chi connectivity index (χ2n) is 18.9. The van der Waals surface area contributed by atoms with E-state index in [1.807, 2.05) is 12.1 Å². The third kappa shape index (κ3) is 9.78. The SMILES string of the molecule is CCCCOc1ccc(-c2ccc(OCCCCCCC(=O)O[C@H]3CC[C@@]4(C)C(=CC[C@H]5[C@@H]6CC[C@H]([C@H](C)CCCC(C)C)[C@@]6(C)CC[C@@H]54)C3)cc2)cc1. The molecule has 4 aliphatic carbocycles. The number of hydrogen-bond donors (Lipinski definition) is 0. The van der Waals surface area contributed by atoms with Gasteiger partial charge in [0.05, 0.1) is 13.2 Å². The van der Waals surface area contributed by atoms with Crippen LogP contribution in [0.3, 0.4) is 0 Å². The molecule has 0 bridgehead atoms. The maximum absolute atomic E-state index is 12.9. The lowest BCUT2D eigenvalue weighted by Crippen LogP contribution is -2.51. The average Bonchev–Trinajstić information content (AvgIpc) is 3.52. The summed E-state index contributed by atoms with van der Waals surface area (Å²) >= 11 is 0. The third-order valence-electron chi connectivity index (χ3n) is 14.9. The fourth-order valence-corrected chi connectivity index (χ4v) is 11.7. The van der Waals surface area contributed by atoms with Crippen LogP contribution in [0, 0.1) is 46.3 Å². The third-order valence-corrected chi connectivity index (χ3v) is 14.9. The minimum absolute atomic E-state index is 0.000770. The van der Waals surface area contributed by atoms with Gasteiger partial charge in [-0.15, -0.1) is 0 Å². The molecule has 0 radical (unpaired) electrons. The molecule has 4 heteroatoms. The Hall–Kier alpha value is -2.75. The monoisotopic (exact) mass is 739 g/mol. The highest BCUT2D eigenvalue weighted by atomic mass is 16.5. The first-order valence-corrected chi connectivity index (χ1v) is 22.5. The quantitative estimate of drug-likeness (QED) is 0.0818. The molecule has 2 aromatic rings. The lowest BCUT2D eigenvalue weighted by atomic mass is 9.47. The minimum atomic E-state index is 0.000770. The van der Waals surface area contributed by atoms with Crippen molar-refractivity contribution in [1.82, 2.24) is 0 Å². The zero-order valence-corrected chi connectivity index (χ0v) is 35.0. The molecular weight excluding hydrogens is 665 g/mol. The van der Waals surface area contributed by atoms with Crippen molar-refractivity contribution in [2.24, 2.45) is 46.3 Å². The van der Waals surface area contributed by atoms with Crippen molar-refractivity contribution in [3.05, 3.63) is 60.2 Å². The lowest BCUT2D eigenvalue weighted by Gasteiger charge is -2.58. The summed E-state index contributed by atoms with van der Waals surface area (Å²) in [6, 6.07) is 16.7. The molecule has 0 aliphatic heterocycles. The summed E-state index contributed by atoms with van der Waals surface area (Å²) in [7, 11) is 0. The number of benzene rings is 2. The molecule has 3 saturated carbocycles. The molecular formula is C50H74O4. The molecule has 0 amide bonds. The van der Waals surface area contributed by atoms with E-state index in [0.717, 1.165) is 105 Å². The van der Waals surface area contributed by atoms with E-state index in [-0.39, 0.29) is 12.1 Å². The number of ether oxygens (including phenoxy) is 3. The van der Waals surface area contributed by atoms with Gasteiger partial charge in [0.15, 0.2) is 0 Å². The van der Waals surface area contributed by atoms with Gasteiger partial charge in [-0.25, -0.2) is 0 Å². The van der Waals surface area contributed by atoms with Gasteiger partial charge in [-0.1, -0.05) is 116 Å². The molecule has 3 fully saturated rings. The zero-order valence-electron chi connectivity index (χ0n) is 35.0.